The summed E-state index contributed by atoms with van der Waals surface area (Å²) in [6.07, 6.45) is 3.08. The van der Waals surface area contributed by atoms with Crippen LogP contribution in [0.25, 0.3) is 0 Å². The van der Waals surface area contributed by atoms with Gasteiger partial charge in [-0.15, -0.1) is 0 Å². The molecule has 8 heteroatoms. The summed E-state index contributed by atoms with van der Waals surface area (Å²) in [5, 5.41) is 15.1. The lowest BCUT2D eigenvalue weighted by Crippen LogP contribution is -2.29. The van der Waals surface area contributed by atoms with E-state index in [0.717, 1.165) is 31.0 Å². The number of nitrogens with one attached hydrogen (secondary N) is 1. The van der Waals surface area contributed by atoms with Gasteiger partial charge in [0.15, 0.2) is 0 Å². The predicted octanol–water partition coefficient (Wildman–Crippen LogP) is 2.99. The molecule has 1 aromatic carbocycles. The third-order valence-electron chi connectivity index (χ3n) is 4.27. The summed E-state index contributed by atoms with van der Waals surface area (Å²) in [7, 11) is -3.92. The van der Waals surface area contributed by atoms with E-state index in [0.29, 0.717) is 5.56 Å². The number of nitro groups is 1. The highest BCUT2D eigenvalue weighted by molar-refractivity contribution is 7.89. The fraction of sp³-hybridized carbons (Fsp3) is 0.533. The van der Waals surface area contributed by atoms with Crippen LogP contribution in [-0.4, -0.2) is 19.1 Å². The zero-order valence-electron chi connectivity index (χ0n) is 13.4. The predicted molar refractivity (Wildman–Crippen MR) is 87.8 cm³/mol. The highest BCUT2D eigenvalue weighted by Crippen LogP contribution is 2.26. The molecule has 0 saturated heterocycles. The molecule has 0 heterocycles. The molecule has 0 amide bonds. The van der Waals surface area contributed by atoms with E-state index in [2.05, 4.69) is 9.93 Å². The Kier molecular flexibility index (Phi) is 5.03. The lowest BCUT2D eigenvalue weighted by molar-refractivity contribution is -0.385. The number of hydrazone groups is 1. The molecule has 0 radical (unpaired) electrons. The van der Waals surface area contributed by atoms with Crippen molar-refractivity contribution in [2.45, 2.75) is 44.9 Å². The summed E-state index contributed by atoms with van der Waals surface area (Å²) in [5.41, 5.74) is 1.02. The zero-order chi connectivity index (χ0) is 17.2. The second-order valence-corrected chi connectivity index (χ2v) is 7.73. The van der Waals surface area contributed by atoms with E-state index in [1.165, 1.54) is 12.1 Å². The second-order valence-electron chi connectivity index (χ2n) is 6.07. The van der Waals surface area contributed by atoms with Crippen LogP contribution in [-0.2, 0) is 10.0 Å². The summed E-state index contributed by atoms with van der Waals surface area (Å²) in [6, 6.07) is 3.83. The minimum atomic E-state index is -3.92. The molecular formula is C15H21N3O4S. The van der Waals surface area contributed by atoms with Crippen molar-refractivity contribution in [1.82, 2.24) is 4.83 Å². The van der Waals surface area contributed by atoms with Gasteiger partial charge in [0, 0.05) is 17.3 Å². The molecule has 1 aliphatic rings. The molecule has 1 N–H and O–H groups in total. The van der Waals surface area contributed by atoms with Crippen LogP contribution in [0.1, 0.15) is 38.7 Å². The van der Waals surface area contributed by atoms with Crippen LogP contribution in [0.5, 0.6) is 0 Å². The highest BCUT2D eigenvalue weighted by Gasteiger charge is 2.24. The molecule has 0 aliphatic heterocycles. The molecule has 1 aliphatic carbocycles. The van der Waals surface area contributed by atoms with Crippen molar-refractivity contribution < 1.29 is 13.3 Å². The number of nitrogens with zero attached hydrogens (tertiary/aromatic N) is 2. The van der Waals surface area contributed by atoms with Crippen LogP contribution in [0.2, 0.25) is 0 Å². The molecule has 0 bridgehead atoms. The van der Waals surface area contributed by atoms with Gasteiger partial charge in [0.1, 0.15) is 0 Å². The summed E-state index contributed by atoms with van der Waals surface area (Å²) in [4.78, 5) is 12.4. The van der Waals surface area contributed by atoms with E-state index in [1.807, 2.05) is 13.8 Å². The molecule has 1 aromatic rings. The van der Waals surface area contributed by atoms with Crippen LogP contribution in [0.4, 0.5) is 5.69 Å². The minimum absolute atomic E-state index is 0.157. The van der Waals surface area contributed by atoms with E-state index in [9.17, 15) is 18.5 Å². The normalized spacial score (nSPS) is 21.8. The third kappa shape index (κ3) is 3.87. The number of benzene rings is 1. The first-order valence-electron chi connectivity index (χ1n) is 7.56. The van der Waals surface area contributed by atoms with Gasteiger partial charge < -0.3 is 0 Å². The van der Waals surface area contributed by atoms with Gasteiger partial charge in [-0.3, -0.25) is 10.1 Å². The lowest BCUT2D eigenvalue weighted by Gasteiger charge is -2.26. The van der Waals surface area contributed by atoms with Crippen LogP contribution in [0.15, 0.2) is 28.2 Å². The Hall–Kier alpha value is -1.96. The molecule has 7 nitrogen and oxygen atoms in total. The van der Waals surface area contributed by atoms with Crippen molar-refractivity contribution in [3.63, 3.8) is 0 Å². The largest absolute Gasteiger partial charge is 0.276 e. The van der Waals surface area contributed by atoms with Crippen LogP contribution >= 0.6 is 0 Å². The highest BCUT2D eigenvalue weighted by atomic mass is 32.2. The average molecular weight is 339 g/mol. The Morgan fingerprint density at radius 1 is 1.26 bits per heavy atom. The van der Waals surface area contributed by atoms with Gasteiger partial charge >= 0.3 is 0 Å². The Morgan fingerprint density at radius 2 is 1.87 bits per heavy atom. The Bertz CT molecular complexity index is 731. The zero-order valence-corrected chi connectivity index (χ0v) is 14.3. The monoisotopic (exact) mass is 339 g/mol. The Balaban J connectivity index is 2.29. The first-order valence-corrected chi connectivity index (χ1v) is 9.05. The summed E-state index contributed by atoms with van der Waals surface area (Å²) in [5.74, 6) is 0.461. The number of hydrogen-bond acceptors (Lipinski definition) is 5. The maximum atomic E-state index is 12.3. The topological polar surface area (TPSA) is 102 Å². The molecule has 0 unspecified atom stereocenters. The molecule has 126 valence electrons. The quantitative estimate of drug-likeness (QED) is 0.673. The molecule has 23 heavy (non-hydrogen) atoms. The summed E-state index contributed by atoms with van der Waals surface area (Å²) < 4.78 is 24.7. The Labute approximate surface area is 136 Å². The average Bonchev–Trinajstić information content (AvgIpc) is 2.46. The molecule has 0 spiro atoms. The second kappa shape index (κ2) is 6.66. The van der Waals surface area contributed by atoms with Gasteiger partial charge in [-0.2, -0.15) is 13.5 Å². The first-order chi connectivity index (χ1) is 10.7. The molecule has 1 fully saturated rings. The fourth-order valence-electron chi connectivity index (χ4n) is 2.85. The molecule has 2 atom stereocenters. The van der Waals surface area contributed by atoms with Gasteiger partial charge in [-0.05, 0) is 37.7 Å². The number of aryl methyl sites for hydroxylation is 1. The molecule has 0 aromatic heterocycles. The van der Waals surface area contributed by atoms with Gasteiger partial charge in [0.25, 0.3) is 15.7 Å². The van der Waals surface area contributed by atoms with Crippen molar-refractivity contribution in [3.05, 3.63) is 33.9 Å². The van der Waals surface area contributed by atoms with Crippen molar-refractivity contribution in [2.24, 2.45) is 16.9 Å². The third-order valence-corrected chi connectivity index (χ3v) is 5.47. The summed E-state index contributed by atoms with van der Waals surface area (Å²) >= 11 is 0. The van der Waals surface area contributed by atoms with Crippen molar-refractivity contribution >= 4 is 21.4 Å². The Morgan fingerprint density at radius 3 is 2.43 bits per heavy atom. The summed E-state index contributed by atoms with van der Waals surface area (Å²) in [6.45, 7) is 5.62. The number of nitro benzene ring substituents is 1. The maximum absolute atomic E-state index is 12.3. The maximum Gasteiger partial charge on any atom is 0.276 e. The smallest absolute Gasteiger partial charge is 0.258 e. The first kappa shape index (κ1) is 17.4. The van der Waals surface area contributed by atoms with Crippen LogP contribution < -0.4 is 4.83 Å². The van der Waals surface area contributed by atoms with Crippen LogP contribution in [0.3, 0.4) is 0 Å². The van der Waals surface area contributed by atoms with Crippen molar-refractivity contribution in [3.8, 4) is 0 Å². The van der Waals surface area contributed by atoms with E-state index < -0.39 is 14.9 Å². The van der Waals surface area contributed by atoms with E-state index >= 15 is 0 Å². The van der Waals surface area contributed by atoms with Gasteiger partial charge in [0.05, 0.1) is 9.82 Å². The molecule has 2 rings (SSSR count). The van der Waals surface area contributed by atoms with E-state index in [-0.39, 0.29) is 22.4 Å². The standard InChI is InChI=1S/C15H21N3O4S/c1-10-7-8-13(9-14(10)18(19)20)23(21,22)17-16-15-11(2)5-4-6-12(15)3/h7-9,11-12,17H,4-6H2,1-3H3/t11-,12-/m1/s1. The van der Waals surface area contributed by atoms with E-state index in [4.69, 9.17) is 0 Å². The lowest BCUT2D eigenvalue weighted by atomic mass is 9.81. The SMILES string of the molecule is Cc1ccc(S(=O)(=O)NN=C2[C@H](C)CCC[C@H]2C)cc1[N+](=O)[O-]. The molecule has 1 saturated carbocycles. The van der Waals surface area contributed by atoms with Crippen molar-refractivity contribution in [2.75, 3.05) is 0 Å². The van der Waals surface area contributed by atoms with E-state index in [1.54, 1.807) is 6.92 Å². The van der Waals surface area contributed by atoms with Gasteiger partial charge in [0.2, 0.25) is 0 Å². The van der Waals surface area contributed by atoms with Gasteiger partial charge in [-0.1, -0.05) is 26.3 Å². The van der Waals surface area contributed by atoms with Crippen molar-refractivity contribution in [1.29, 1.82) is 0 Å². The van der Waals surface area contributed by atoms with Crippen LogP contribution in [0, 0.1) is 28.9 Å². The van der Waals surface area contributed by atoms with Gasteiger partial charge in [-0.25, -0.2) is 4.83 Å². The number of hydrogen-bond donors (Lipinski definition) is 1. The molecular weight excluding hydrogens is 318 g/mol. The minimum Gasteiger partial charge on any atom is -0.258 e. The number of sulfonamides is 1. The number of rotatable bonds is 4. The fourth-order valence-corrected chi connectivity index (χ4v) is 3.70.